The van der Waals surface area contributed by atoms with Crippen LogP contribution in [0.3, 0.4) is 0 Å². The van der Waals surface area contributed by atoms with Crippen LogP contribution in [-0.2, 0) is 0 Å². The Kier molecular flexibility index (Phi) is 6.17. The van der Waals surface area contributed by atoms with Crippen LogP contribution in [0.25, 0.3) is 110 Å². The van der Waals surface area contributed by atoms with Crippen molar-refractivity contribution >= 4 is 32.3 Å². The highest BCUT2D eigenvalue weighted by Crippen LogP contribution is 2.59. The zero-order valence-electron chi connectivity index (χ0n) is 29.6. The lowest BCUT2D eigenvalue weighted by atomic mass is 9.82. The lowest BCUT2D eigenvalue weighted by Crippen LogP contribution is -1.93. The van der Waals surface area contributed by atoms with Crippen molar-refractivity contribution in [3.05, 3.63) is 169 Å². The van der Waals surface area contributed by atoms with Gasteiger partial charge in [-0.05, 0) is 140 Å². The highest BCUT2D eigenvalue weighted by atomic mass is 14.3. The minimum Gasteiger partial charge on any atom is -0.0622 e. The molecule has 0 aliphatic heterocycles. The lowest BCUT2D eigenvalue weighted by molar-refractivity contribution is 0.869. The third-order valence-electron chi connectivity index (χ3n) is 11.8. The molecule has 0 heteroatoms. The first-order valence-electron chi connectivity index (χ1n) is 18.6. The topological polar surface area (TPSA) is 0 Å². The van der Waals surface area contributed by atoms with E-state index in [1.165, 1.54) is 121 Å². The Morgan fingerprint density at radius 2 is 0.942 bits per heavy atom. The predicted molar refractivity (Wildman–Crippen MR) is 223 cm³/mol. The van der Waals surface area contributed by atoms with Crippen molar-refractivity contribution in [2.45, 2.75) is 26.7 Å². The smallest absolute Gasteiger partial charge is 0.000741 e. The second kappa shape index (κ2) is 10.9. The van der Waals surface area contributed by atoms with Gasteiger partial charge in [-0.25, -0.2) is 0 Å². The molecule has 2 aliphatic rings. The van der Waals surface area contributed by atoms with E-state index < -0.39 is 0 Å². The van der Waals surface area contributed by atoms with Crippen LogP contribution in [0.1, 0.15) is 30.9 Å². The largest absolute Gasteiger partial charge is 0.0622 e. The summed E-state index contributed by atoms with van der Waals surface area (Å²) >= 11 is 0. The first kappa shape index (κ1) is 29.5. The molecule has 0 heterocycles. The molecule has 9 aromatic rings. The first-order chi connectivity index (χ1) is 25.6. The summed E-state index contributed by atoms with van der Waals surface area (Å²) in [6.07, 6.45) is 0. The Labute approximate surface area is 304 Å². The van der Waals surface area contributed by atoms with Crippen LogP contribution in [0.15, 0.2) is 158 Å². The SMILES string of the molecule is Cc1ccc2cc(C(C)C)cc3c2c1-c1ccc(-c2ccc4c5c(cccc25)-c2c-4c(-c4ccccc4)c4ccccc4c2-c2ccccc2)cc1-3. The third-order valence-corrected chi connectivity index (χ3v) is 11.8. The van der Waals surface area contributed by atoms with Crippen molar-refractivity contribution in [1.29, 1.82) is 0 Å². The molecule has 2 aliphatic carbocycles. The summed E-state index contributed by atoms with van der Waals surface area (Å²) in [6, 6.07) is 59.4. The zero-order valence-corrected chi connectivity index (χ0v) is 29.6. The normalized spacial score (nSPS) is 12.3. The molecule has 0 N–H and O–H groups in total. The molecule has 0 unspecified atom stereocenters. The van der Waals surface area contributed by atoms with Gasteiger partial charge in [0.15, 0.2) is 0 Å². The van der Waals surface area contributed by atoms with Crippen molar-refractivity contribution in [2.75, 3.05) is 0 Å². The second-order valence-corrected chi connectivity index (χ2v) is 15.0. The summed E-state index contributed by atoms with van der Waals surface area (Å²) in [5.41, 5.74) is 21.2. The number of rotatable bonds is 4. The Morgan fingerprint density at radius 1 is 0.346 bits per heavy atom. The molecule has 0 saturated carbocycles. The molecule has 52 heavy (non-hydrogen) atoms. The summed E-state index contributed by atoms with van der Waals surface area (Å²) < 4.78 is 0. The van der Waals surface area contributed by atoms with Gasteiger partial charge in [-0.1, -0.05) is 166 Å². The van der Waals surface area contributed by atoms with Crippen LogP contribution in [0, 0.1) is 6.92 Å². The van der Waals surface area contributed by atoms with Crippen molar-refractivity contribution in [3.63, 3.8) is 0 Å². The summed E-state index contributed by atoms with van der Waals surface area (Å²) in [6.45, 7) is 6.86. The maximum absolute atomic E-state index is 2.47. The number of hydrogen-bond acceptors (Lipinski definition) is 0. The van der Waals surface area contributed by atoms with Gasteiger partial charge in [0.1, 0.15) is 0 Å². The molecular weight excluding hydrogens is 625 g/mol. The molecule has 0 atom stereocenters. The average Bonchev–Trinajstić information content (AvgIpc) is 3.70. The minimum atomic E-state index is 0.467. The molecule has 0 amide bonds. The Hall–Kier alpha value is -6.24. The predicted octanol–water partition coefficient (Wildman–Crippen LogP) is 14.9. The van der Waals surface area contributed by atoms with Gasteiger partial charge in [-0.15, -0.1) is 0 Å². The van der Waals surface area contributed by atoms with Gasteiger partial charge in [0.05, 0.1) is 0 Å². The van der Waals surface area contributed by atoms with Gasteiger partial charge in [0.2, 0.25) is 0 Å². The van der Waals surface area contributed by atoms with Gasteiger partial charge < -0.3 is 0 Å². The first-order valence-corrected chi connectivity index (χ1v) is 18.6. The fourth-order valence-corrected chi connectivity index (χ4v) is 9.50. The van der Waals surface area contributed by atoms with E-state index in [0.29, 0.717) is 5.92 Å². The maximum Gasteiger partial charge on any atom is -0.000741 e. The van der Waals surface area contributed by atoms with E-state index in [2.05, 4.69) is 178 Å². The molecule has 244 valence electrons. The zero-order chi connectivity index (χ0) is 34.7. The highest BCUT2D eigenvalue weighted by molar-refractivity contribution is 6.29. The van der Waals surface area contributed by atoms with Crippen LogP contribution in [-0.4, -0.2) is 0 Å². The Morgan fingerprint density at radius 3 is 1.62 bits per heavy atom. The van der Waals surface area contributed by atoms with E-state index in [1.807, 2.05) is 0 Å². The van der Waals surface area contributed by atoms with Crippen LogP contribution in [0.5, 0.6) is 0 Å². The van der Waals surface area contributed by atoms with Crippen molar-refractivity contribution in [1.82, 2.24) is 0 Å². The summed E-state index contributed by atoms with van der Waals surface area (Å²) in [5.74, 6) is 0.467. The van der Waals surface area contributed by atoms with Crippen molar-refractivity contribution in [2.24, 2.45) is 0 Å². The van der Waals surface area contributed by atoms with Gasteiger partial charge in [0.25, 0.3) is 0 Å². The lowest BCUT2D eigenvalue weighted by Gasteiger charge is -2.20. The molecular formula is C52H36. The van der Waals surface area contributed by atoms with Crippen LogP contribution < -0.4 is 0 Å². The number of hydrogen-bond donors (Lipinski definition) is 0. The number of benzene rings is 9. The number of aryl methyl sites for hydroxylation is 1. The summed E-state index contributed by atoms with van der Waals surface area (Å²) in [4.78, 5) is 0. The minimum absolute atomic E-state index is 0.467. The average molecular weight is 661 g/mol. The molecule has 0 fully saturated rings. The quantitative estimate of drug-likeness (QED) is 0.176. The van der Waals surface area contributed by atoms with Crippen LogP contribution in [0.2, 0.25) is 0 Å². The molecule has 0 spiro atoms. The van der Waals surface area contributed by atoms with E-state index in [4.69, 9.17) is 0 Å². The molecule has 0 aromatic heterocycles. The van der Waals surface area contributed by atoms with E-state index in [9.17, 15) is 0 Å². The monoisotopic (exact) mass is 660 g/mol. The highest BCUT2D eigenvalue weighted by Gasteiger charge is 2.31. The molecule has 0 radical (unpaired) electrons. The summed E-state index contributed by atoms with van der Waals surface area (Å²) in [7, 11) is 0. The van der Waals surface area contributed by atoms with E-state index in [0.717, 1.165) is 0 Å². The van der Waals surface area contributed by atoms with Crippen molar-refractivity contribution < 1.29 is 0 Å². The second-order valence-electron chi connectivity index (χ2n) is 15.0. The van der Waals surface area contributed by atoms with Crippen molar-refractivity contribution in [3.8, 4) is 77.9 Å². The van der Waals surface area contributed by atoms with E-state index in [1.54, 1.807) is 0 Å². The Balaban J connectivity index is 1.20. The standard InChI is InChI=1S/C52H36/c1-30(2)36-27-35-22-21-31(3)46-41-24-23-34(28-44(41)45(29-36)49(35)46)37-25-26-43-50-38(37)19-12-20-42(50)51-47(32-13-6-4-7-14-32)39-17-10-11-18-40(39)48(52(43)51)33-15-8-5-9-16-33/h4-30H,1-3H3. The molecule has 11 rings (SSSR count). The van der Waals surface area contributed by atoms with Gasteiger partial charge in [0, 0.05) is 0 Å². The Bertz CT molecular complexity index is 2870. The van der Waals surface area contributed by atoms with Crippen LogP contribution in [0.4, 0.5) is 0 Å². The maximum atomic E-state index is 2.47. The molecule has 0 saturated heterocycles. The molecule has 0 bridgehead atoms. The fraction of sp³-hybridized carbons (Fsp3) is 0.0769. The fourth-order valence-electron chi connectivity index (χ4n) is 9.50. The number of fused-ring (bicyclic) bond motifs is 7. The van der Waals surface area contributed by atoms with Gasteiger partial charge >= 0.3 is 0 Å². The molecule has 0 nitrogen and oxygen atoms in total. The van der Waals surface area contributed by atoms with Crippen LogP contribution >= 0.6 is 0 Å². The molecule has 9 aromatic carbocycles. The summed E-state index contributed by atoms with van der Waals surface area (Å²) in [5, 5.41) is 7.99. The van der Waals surface area contributed by atoms with E-state index in [-0.39, 0.29) is 0 Å². The van der Waals surface area contributed by atoms with Gasteiger partial charge in [-0.2, -0.15) is 0 Å². The van der Waals surface area contributed by atoms with E-state index >= 15 is 0 Å². The van der Waals surface area contributed by atoms with Gasteiger partial charge in [-0.3, -0.25) is 0 Å². The third kappa shape index (κ3) is 3.98.